The summed E-state index contributed by atoms with van der Waals surface area (Å²) >= 11 is 0. The molecule has 1 aromatic carbocycles. The number of hydrogen-bond donors (Lipinski definition) is 2. The first-order valence-electron chi connectivity index (χ1n) is 10.4. The van der Waals surface area contributed by atoms with Gasteiger partial charge in [0.1, 0.15) is 11.0 Å². The van der Waals surface area contributed by atoms with E-state index in [0.29, 0.717) is 34.0 Å². The third-order valence-electron chi connectivity index (χ3n) is 5.81. The molecule has 11 nitrogen and oxygen atoms in total. The van der Waals surface area contributed by atoms with Gasteiger partial charge >= 0.3 is 0 Å². The average molecular weight is 435 g/mol. The molecule has 1 aliphatic rings. The van der Waals surface area contributed by atoms with Gasteiger partial charge in [0, 0.05) is 50.5 Å². The maximum atomic E-state index is 13.2. The number of carbonyl (C=O) groups excluding carboxylic acids is 1. The van der Waals surface area contributed by atoms with Crippen molar-refractivity contribution in [1.29, 1.82) is 0 Å². The molecule has 3 aromatic heterocycles. The minimum Gasteiger partial charge on any atom is -0.479 e. The Bertz CT molecular complexity index is 1330. The predicted octanol–water partition coefficient (Wildman–Crippen LogP) is 1.31. The van der Waals surface area contributed by atoms with Crippen molar-refractivity contribution in [3.63, 3.8) is 0 Å². The summed E-state index contributed by atoms with van der Waals surface area (Å²) in [5, 5.41) is 15.9. The van der Waals surface area contributed by atoms with Crippen molar-refractivity contribution in [3.8, 4) is 5.88 Å². The number of amides is 1. The van der Waals surface area contributed by atoms with E-state index in [9.17, 15) is 4.79 Å². The van der Waals surface area contributed by atoms with Crippen molar-refractivity contribution < 1.29 is 9.53 Å². The third-order valence-corrected chi connectivity index (χ3v) is 5.81. The molecule has 1 unspecified atom stereocenters. The quantitative estimate of drug-likeness (QED) is 0.482. The van der Waals surface area contributed by atoms with E-state index in [2.05, 4.69) is 35.7 Å². The number of hydrogen-bond acceptors (Lipinski definition) is 8. The normalized spacial score (nSPS) is 16.2. The Morgan fingerprint density at radius 3 is 2.66 bits per heavy atom. The highest BCUT2D eigenvalue weighted by molar-refractivity contribution is 6.13. The molecule has 4 aromatic rings. The monoisotopic (exact) mass is 435 g/mol. The Labute approximate surface area is 184 Å². The van der Waals surface area contributed by atoms with Crippen LogP contribution < -0.4 is 20.3 Å². The lowest BCUT2D eigenvalue weighted by Crippen LogP contribution is -2.29. The van der Waals surface area contributed by atoms with Gasteiger partial charge in [-0.1, -0.05) is 0 Å². The molecular weight excluding hydrogens is 410 g/mol. The molecule has 166 valence electrons. The zero-order valence-corrected chi connectivity index (χ0v) is 18.5. The van der Waals surface area contributed by atoms with Crippen LogP contribution in [0.4, 0.5) is 11.6 Å². The second kappa shape index (κ2) is 7.75. The lowest BCUT2D eigenvalue weighted by molar-refractivity contribution is 0.102. The van der Waals surface area contributed by atoms with Crippen LogP contribution in [0.2, 0.25) is 0 Å². The zero-order chi connectivity index (χ0) is 22.4. The fourth-order valence-electron chi connectivity index (χ4n) is 4.24. The number of nitrogens with one attached hydrogen (secondary N) is 2. The van der Waals surface area contributed by atoms with Gasteiger partial charge in [0.2, 0.25) is 11.8 Å². The Morgan fingerprint density at radius 2 is 1.91 bits per heavy atom. The Balaban J connectivity index is 1.49. The van der Waals surface area contributed by atoms with Crippen molar-refractivity contribution in [2.75, 3.05) is 37.5 Å². The second-order valence-electron chi connectivity index (χ2n) is 7.96. The second-order valence-corrected chi connectivity index (χ2v) is 7.96. The molecule has 1 aliphatic heterocycles. The molecule has 2 N–H and O–H groups in total. The highest BCUT2D eigenvalue weighted by Crippen LogP contribution is 2.31. The summed E-state index contributed by atoms with van der Waals surface area (Å²) in [6.07, 6.45) is 4.78. The van der Waals surface area contributed by atoms with Crippen LogP contribution in [0.3, 0.4) is 0 Å². The highest BCUT2D eigenvalue weighted by atomic mass is 16.5. The summed E-state index contributed by atoms with van der Waals surface area (Å²) in [5.41, 5.74) is 3.31. The minimum atomic E-state index is -0.333. The number of methoxy groups -OCH3 is 1. The summed E-state index contributed by atoms with van der Waals surface area (Å²) in [6, 6.07) is 4.26. The van der Waals surface area contributed by atoms with E-state index >= 15 is 0 Å². The van der Waals surface area contributed by atoms with E-state index in [1.165, 1.54) is 7.11 Å². The van der Waals surface area contributed by atoms with Gasteiger partial charge in [0.25, 0.3) is 5.91 Å². The first-order valence-corrected chi connectivity index (χ1v) is 10.4. The number of fused-ring (bicyclic) bond motifs is 2. The summed E-state index contributed by atoms with van der Waals surface area (Å²) in [7, 11) is 7.14. The molecule has 1 amide bonds. The molecule has 0 aliphatic carbocycles. The zero-order valence-electron chi connectivity index (χ0n) is 18.5. The average Bonchev–Trinajstić information content (AvgIpc) is 3.49. The van der Waals surface area contributed by atoms with Crippen molar-refractivity contribution in [2.45, 2.75) is 12.5 Å². The minimum absolute atomic E-state index is 0.150. The van der Waals surface area contributed by atoms with Gasteiger partial charge in [-0.25, -0.2) is 4.98 Å². The van der Waals surface area contributed by atoms with Crippen LogP contribution >= 0.6 is 0 Å². The molecule has 1 atom stereocenters. The number of aryl methyl sites for hydroxylation is 2. The molecule has 4 heterocycles. The van der Waals surface area contributed by atoms with Gasteiger partial charge in [0.05, 0.1) is 18.9 Å². The number of likely N-dealkylation sites (N-methyl/N-ethyl adjacent to an activating group) is 1. The van der Waals surface area contributed by atoms with Crippen LogP contribution in [0.15, 0.2) is 24.5 Å². The van der Waals surface area contributed by atoms with Gasteiger partial charge in [-0.15, -0.1) is 0 Å². The molecular formula is C21H25N9O2. The number of nitrogens with zero attached hydrogens (tertiary/aromatic N) is 7. The fourth-order valence-corrected chi connectivity index (χ4v) is 4.24. The van der Waals surface area contributed by atoms with E-state index in [1.807, 2.05) is 32.4 Å². The highest BCUT2D eigenvalue weighted by Gasteiger charge is 2.25. The van der Waals surface area contributed by atoms with Gasteiger partial charge in [-0.2, -0.15) is 15.2 Å². The van der Waals surface area contributed by atoms with Crippen molar-refractivity contribution in [2.24, 2.45) is 14.1 Å². The number of benzene rings is 1. The molecule has 32 heavy (non-hydrogen) atoms. The van der Waals surface area contributed by atoms with Crippen LogP contribution in [0.5, 0.6) is 5.88 Å². The van der Waals surface area contributed by atoms with Crippen molar-refractivity contribution in [3.05, 3.63) is 30.1 Å². The lowest BCUT2D eigenvalue weighted by Gasteiger charge is -2.20. The summed E-state index contributed by atoms with van der Waals surface area (Å²) in [6.45, 7) is 1.88. The van der Waals surface area contributed by atoms with Gasteiger partial charge < -0.3 is 15.0 Å². The Morgan fingerprint density at radius 1 is 1.12 bits per heavy atom. The predicted molar refractivity (Wildman–Crippen MR) is 121 cm³/mol. The SMILES string of the molecule is CNC1CCN(c2ccc(C(=O)Nc3nc(OC)c4nn(C)cc4n3)c3nn(C)cc23)C1. The van der Waals surface area contributed by atoms with Crippen molar-refractivity contribution in [1.82, 2.24) is 34.8 Å². The standard InChI is InChI=1S/C21H25N9O2/c1-22-12-7-8-30(9-12)16-6-5-13(17-14(16)10-28(2)26-17)19(31)24-21-23-15-11-29(3)27-18(15)20(25-21)32-4/h5-6,10-12,22H,7-9H2,1-4H3,(H,23,24,31). The van der Waals surface area contributed by atoms with E-state index in [0.717, 1.165) is 30.6 Å². The topological polar surface area (TPSA) is 115 Å². The number of aromatic nitrogens is 6. The van der Waals surface area contributed by atoms with Crippen LogP contribution in [-0.2, 0) is 14.1 Å². The van der Waals surface area contributed by atoms with E-state index in [1.54, 1.807) is 22.6 Å². The smallest absolute Gasteiger partial charge is 0.260 e. The number of ether oxygens (including phenoxy) is 1. The molecule has 0 saturated carbocycles. The molecule has 1 fully saturated rings. The van der Waals surface area contributed by atoms with Crippen LogP contribution in [0.25, 0.3) is 21.9 Å². The van der Waals surface area contributed by atoms with E-state index < -0.39 is 0 Å². The Kier molecular flexibility index (Phi) is 4.89. The fraction of sp³-hybridized carbons (Fsp3) is 0.381. The van der Waals surface area contributed by atoms with Gasteiger partial charge in [-0.05, 0) is 25.6 Å². The van der Waals surface area contributed by atoms with E-state index in [-0.39, 0.29) is 11.9 Å². The van der Waals surface area contributed by atoms with E-state index in [4.69, 9.17) is 4.74 Å². The van der Waals surface area contributed by atoms with Crippen LogP contribution in [0.1, 0.15) is 16.8 Å². The van der Waals surface area contributed by atoms with Crippen LogP contribution in [0, 0.1) is 0 Å². The number of rotatable bonds is 5. The first kappa shape index (κ1) is 20.2. The largest absolute Gasteiger partial charge is 0.479 e. The van der Waals surface area contributed by atoms with Crippen molar-refractivity contribution >= 4 is 39.5 Å². The maximum Gasteiger partial charge on any atom is 0.260 e. The molecule has 0 spiro atoms. The molecule has 1 saturated heterocycles. The Hall–Kier alpha value is -3.73. The third kappa shape index (κ3) is 3.40. The summed E-state index contributed by atoms with van der Waals surface area (Å²) in [4.78, 5) is 24.2. The van der Waals surface area contributed by atoms with Gasteiger partial charge in [-0.3, -0.25) is 19.5 Å². The van der Waals surface area contributed by atoms with Crippen LogP contribution in [-0.4, -0.2) is 68.7 Å². The van der Waals surface area contributed by atoms with Gasteiger partial charge in [0.15, 0.2) is 5.52 Å². The summed E-state index contributed by atoms with van der Waals surface area (Å²) in [5.74, 6) is 0.120. The number of carbonyl (C=O) groups is 1. The number of anilines is 2. The maximum absolute atomic E-state index is 13.2. The molecule has 0 radical (unpaired) electrons. The molecule has 5 rings (SSSR count). The summed E-state index contributed by atoms with van der Waals surface area (Å²) < 4.78 is 8.69. The molecule has 0 bridgehead atoms. The molecule has 11 heteroatoms. The lowest BCUT2D eigenvalue weighted by atomic mass is 10.1. The first-order chi connectivity index (χ1) is 15.5.